The van der Waals surface area contributed by atoms with E-state index in [0.717, 1.165) is 22.5 Å². The molecule has 0 saturated heterocycles. The van der Waals surface area contributed by atoms with E-state index in [9.17, 15) is 9.59 Å². The van der Waals surface area contributed by atoms with Crippen molar-refractivity contribution in [1.82, 2.24) is 10.3 Å². The van der Waals surface area contributed by atoms with Gasteiger partial charge in [0.1, 0.15) is 5.82 Å². The standard InChI is InChI=1S/C26H29N7O2/c1-26(2,3)20-9-7-18(13-22(20)32-23(34)15-27-4)31-25(35)19-6-5-11-28-24(19)30-17-8-10-21-16(12-17)14-29-33-21/h5-13,27H,14-15H2,1-4H3,(H,28,30)(H,31,35)(H,32,34). The summed E-state index contributed by atoms with van der Waals surface area (Å²) in [4.78, 5) is 29.8. The molecule has 0 bridgehead atoms. The lowest BCUT2D eigenvalue weighted by molar-refractivity contribution is -0.115. The smallest absolute Gasteiger partial charge is 0.259 e. The Morgan fingerprint density at radius 2 is 1.80 bits per heavy atom. The summed E-state index contributed by atoms with van der Waals surface area (Å²) in [5, 5.41) is 20.1. The van der Waals surface area contributed by atoms with Crippen molar-refractivity contribution in [2.24, 2.45) is 10.2 Å². The number of nitrogens with zero attached hydrogens (tertiary/aromatic N) is 3. The normalized spacial score (nSPS) is 12.2. The molecule has 4 rings (SSSR count). The van der Waals surface area contributed by atoms with Crippen molar-refractivity contribution in [2.75, 3.05) is 29.5 Å². The molecule has 9 nitrogen and oxygen atoms in total. The molecule has 35 heavy (non-hydrogen) atoms. The lowest BCUT2D eigenvalue weighted by Gasteiger charge is -2.24. The van der Waals surface area contributed by atoms with E-state index in [1.807, 2.05) is 30.3 Å². The molecule has 3 aromatic rings. The number of hydrogen-bond acceptors (Lipinski definition) is 7. The highest BCUT2D eigenvalue weighted by molar-refractivity contribution is 6.08. The predicted molar refractivity (Wildman–Crippen MR) is 138 cm³/mol. The van der Waals surface area contributed by atoms with Crippen LogP contribution in [0.15, 0.2) is 65.0 Å². The Kier molecular flexibility index (Phi) is 6.88. The molecule has 0 atom stereocenters. The summed E-state index contributed by atoms with van der Waals surface area (Å²) in [5.74, 6) is -0.0383. The molecular weight excluding hydrogens is 442 g/mol. The van der Waals surface area contributed by atoms with E-state index in [4.69, 9.17) is 0 Å². The molecule has 1 aromatic heterocycles. The van der Waals surface area contributed by atoms with Gasteiger partial charge in [-0.1, -0.05) is 26.8 Å². The molecule has 2 aromatic carbocycles. The average Bonchev–Trinajstić information content (AvgIpc) is 3.27. The number of anilines is 4. The summed E-state index contributed by atoms with van der Waals surface area (Å²) in [6, 6.07) is 14.7. The van der Waals surface area contributed by atoms with Crippen molar-refractivity contribution in [3.8, 4) is 0 Å². The fourth-order valence-corrected chi connectivity index (χ4v) is 3.83. The van der Waals surface area contributed by atoms with Crippen LogP contribution in [0.2, 0.25) is 0 Å². The third-order valence-electron chi connectivity index (χ3n) is 5.51. The van der Waals surface area contributed by atoms with E-state index in [1.165, 1.54) is 0 Å². The molecule has 180 valence electrons. The lowest BCUT2D eigenvalue weighted by atomic mass is 9.85. The molecule has 0 fully saturated rings. The zero-order valence-electron chi connectivity index (χ0n) is 20.3. The van der Waals surface area contributed by atoms with Crippen LogP contribution >= 0.6 is 0 Å². The van der Waals surface area contributed by atoms with Crippen molar-refractivity contribution in [3.05, 3.63) is 71.4 Å². The first kappa shape index (κ1) is 24.0. The van der Waals surface area contributed by atoms with Crippen molar-refractivity contribution < 1.29 is 9.59 Å². The van der Waals surface area contributed by atoms with Gasteiger partial charge in [0.2, 0.25) is 5.91 Å². The number of hydrogen-bond donors (Lipinski definition) is 4. The second-order valence-electron chi connectivity index (χ2n) is 9.31. The monoisotopic (exact) mass is 471 g/mol. The van der Waals surface area contributed by atoms with E-state index in [-0.39, 0.29) is 23.8 Å². The highest BCUT2D eigenvalue weighted by Crippen LogP contribution is 2.33. The minimum atomic E-state index is -0.317. The van der Waals surface area contributed by atoms with Crippen molar-refractivity contribution in [1.29, 1.82) is 0 Å². The first-order valence-electron chi connectivity index (χ1n) is 11.4. The van der Waals surface area contributed by atoms with E-state index in [2.05, 4.69) is 57.3 Å². The molecule has 2 amide bonds. The highest BCUT2D eigenvalue weighted by Gasteiger charge is 2.21. The van der Waals surface area contributed by atoms with Crippen LogP contribution in [0.25, 0.3) is 0 Å². The second-order valence-corrected chi connectivity index (χ2v) is 9.31. The van der Waals surface area contributed by atoms with Gasteiger partial charge in [-0.2, -0.15) is 10.2 Å². The summed E-state index contributed by atoms with van der Waals surface area (Å²) < 4.78 is 0. The minimum Gasteiger partial charge on any atom is -0.340 e. The number of pyridine rings is 1. The number of rotatable bonds is 7. The average molecular weight is 472 g/mol. The number of carbonyl (C=O) groups excluding carboxylic acids is 2. The molecule has 9 heteroatoms. The predicted octanol–water partition coefficient (Wildman–Crippen LogP) is 5.13. The molecular formula is C26H29N7O2. The van der Waals surface area contributed by atoms with E-state index < -0.39 is 0 Å². The largest absolute Gasteiger partial charge is 0.340 e. The van der Waals surface area contributed by atoms with Crippen LogP contribution in [0.1, 0.15) is 42.3 Å². The number of fused-ring (bicyclic) bond motifs is 1. The molecule has 0 radical (unpaired) electrons. The fraction of sp³-hybridized carbons (Fsp3) is 0.269. The van der Waals surface area contributed by atoms with Crippen molar-refractivity contribution >= 4 is 40.4 Å². The maximum atomic E-state index is 13.2. The lowest BCUT2D eigenvalue weighted by Crippen LogP contribution is -2.27. The third-order valence-corrected chi connectivity index (χ3v) is 5.51. The number of aromatic nitrogens is 1. The summed E-state index contributed by atoms with van der Waals surface area (Å²) in [6.07, 6.45) is 1.63. The molecule has 0 unspecified atom stereocenters. The van der Waals surface area contributed by atoms with Crippen LogP contribution in [0, 0.1) is 0 Å². The number of amides is 2. The Hall–Kier alpha value is -4.11. The van der Waals surface area contributed by atoms with Gasteiger partial charge in [-0.05, 0) is 60.5 Å². The van der Waals surface area contributed by atoms with Crippen LogP contribution in [-0.2, 0) is 16.8 Å². The quantitative estimate of drug-likeness (QED) is 0.381. The topological polar surface area (TPSA) is 120 Å². The maximum Gasteiger partial charge on any atom is 0.259 e. The molecule has 0 saturated carbocycles. The van der Waals surface area contributed by atoms with Crippen LogP contribution in [-0.4, -0.2) is 30.4 Å². The fourth-order valence-electron chi connectivity index (χ4n) is 3.83. The zero-order valence-corrected chi connectivity index (χ0v) is 20.3. The van der Waals surface area contributed by atoms with Gasteiger partial charge in [0, 0.05) is 28.8 Å². The van der Waals surface area contributed by atoms with Gasteiger partial charge in [-0.3, -0.25) is 9.59 Å². The summed E-state index contributed by atoms with van der Waals surface area (Å²) in [5.41, 5.74) is 5.07. The van der Waals surface area contributed by atoms with E-state index in [1.54, 1.807) is 31.4 Å². The summed E-state index contributed by atoms with van der Waals surface area (Å²) >= 11 is 0. The Balaban J connectivity index is 1.56. The summed E-state index contributed by atoms with van der Waals surface area (Å²) in [6.45, 7) is 6.95. The molecule has 1 aliphatic rings. The molecule has 0 spiro atoms. The molecule has 2 heterocycles. The van der Waals surface area contributed by atoms with Gasteiger partial charge in [-0.25, -0.2) is 4.98 Å². The van der Waals surface area contributed by atoms with Gasteiger partial charge in [0.15, 0.2) is 0 Å². The van der Waals surface area contributed by atoms with E-state index in [0.29, 0.717) is 29.3 Å². The van der Waals surface area contributed by atoms with Gasteiger partial charge in [-0.15, -0.1) is 0 Å². The SMILES string of the molecule is CNCC(=O)Nc1cc(NC(=O)c2cccnc2Nc2ccc3c(c2)CN=N3)ccc1C(C)(C)C. The van der Waals surface area contributed by atoms with Crippen LogP contribution in [0.3, 0.4) is 0 Å². The third kappa shape index (κ3) is 5.70. The number of carbonyl (C=O) groups is 2. The van der Waals surface area contributed by atoms with Gasteiger partial charge in [0.05, 0.1) is 24.3 Å². The summed E-state index contributed by atoms with van der Waals surface area (Å²) in [7, 11) is 1.72. The Bertz CT molecular complexity index is 1300. The highest BCUT2D eigenvalue weighted by atomic mass is 16.2. The minimum absolute atomic E-state index is 0.157. The maximum absolute atomic E-state index is 13.2. The number of azo groups is 1. The van der Waals surface area contributed by atoms with Crippen molar-refractivity contribution in [2.45, 2.75) is 32.7 Å². The van der Waals surface area contributed by atoms with Crippen LogP contribution < -0.4 is 21.3 Å². The first-order valence-corrected chi connectivity index (χ1v) is 11.4. The van der Waals surface area contributed by atoms with Crippen LogP contribution in [0.4, 0.5) is 28.6 Å². The van der Waals surface area contributed by atoms with Crippen molar-refractivity contribution in [3.63, 3.8) is 0 Å². The van der Waals surface area contributed by atoms with Gasteiger partial charge >= 0.3 is 0 Å². The van der Waals surface area contributed by atoms with Gasteiger partial charge in [0.25, 0.3) is 5.91 Å². The number of nitrogens with one attached hydrogen (secondary N) is 4. The number of likely N-dealkylation sites (N-methyl/N-ethyl adjacent to an activating group) is 1. The number of benzene rings is 2. The first-order chi connectivity index (χ1) is 16.7. The Morgan fingerprint density at radius 1 is 1.00 bits per heavy atom. The second kappa shape index (κ2) is 10.0. The molecule has 0 aliphatic carbocycles. The molecule has 1 aliphatic heterocycles. The van der Waals surface area contributed by atoms with E-state index >= 15 is 0 Å². The zero-order chi connectivity index (χ0) is 25.0. The Morgan fingerprint density at radius 3 is 2.57 bits per heavy atom. The molecule has 4 N–H and O–H groups in total. The Labute approximate surface area is 204 Å². The van der Waals surface area contributed by atoms with Crippen LogP contribution in [0.5, 0.6) is 0 Å². The van der Waals surface area contributed by atoms with Gasteiger partial charge < -0.3 is 21.3 Å².